The summed E-state index contributed by atoms with van der Waals surface area (Å²) in [5.74, 6) is 0.433. The lowest BCUT2D eigenvalue weighted by atomic mass is 9.77. The van der Waals surface area contributed by atoms with Crippen molar-refractivity contribution in [2.45, 2.75) is 44.7 Å². The van der Waals surface area contributed by atoms with Crippen LogP contribution in [-0.2, 0) is 6.18 Å². The zero-order valence-corrected chi connectivity index (χ0v) is 14.5. The molecule has 4 nitrogen and oxygen atoms in total. The molecule has 1 spiro atoms. The Balaban J connectivity index is 1.65. The number of hydrogen-bond acceptors (Lipinski definition) is 4. The molecule has 1 aliphatic carbocycles. The van der Waals surface area contributed by atoms with Gasteiger partial charge >= 0.3 is 6.18 Å². The fourth-order valence-corrected chi connectivity index (χ4v) is 4.20. The summed E-state index contributed by atoms with van der Waals surface area (Å²) in [6.07, 6.45) is 5.66. The maximum absolute atomic E-state index is 13.3. The summed E-state index contributed by atoms with van der Waals surface area (Å²) in [5.41, 5.74) is -0.00520. The number of piperidine rings is 1. The van der Waals surface area contributed by atoms with E-state index >= 15 is 0 Å². The first-order valence-electron chi connectivity index (χ1n) is 9.07. The third-order valence-electron chi connectivity index (χ3n) is 5.74. The zero-order valence-electron chi connectivity index (χ0n) is 14.5. The predicted octanol–water partition coefficient (Wildman–Crippen LogP) is 4.72. The molecule has 2 aliphatic rings. The highest BCUT2D eigenvalue weighted by molar-refractivity contribution is 5.57. The van der Waals surface area contributed by atoms with Crippen LogP contribution < -0.4 is 4.90 Å². The van der Waals surface area contributed by atoms with Crippen molar-refractivity contribution in [2.24, 2.45) is 5.41 Å². The van der Waals surface area contributed by atoms with Gasteiger partial charge in [-0.15, -0.1) is 0 Å². The molecule has 0 bridgehead atoms. The Morgan fingerprint density at radius 1 is 1.00 bits per heavy atom. The minimum atomic E-state index is -4.50. The van der Waals surface area contributed by atoms with Crippen molar-refractivity contribution in [3.05, 3.63) is 36.3 Å². The molecule has 2 fully saturated rings. The average molecular weight is 362 g/mol. The Kier molecular flexibility index (Phi) is 4.32. The summed E-state index contributed by atoms with van der Waals surface area (Å²) < 4.78 is 40.0. The summed E-state index contributed by atoms with van der Waals surface area (Å²) in [7, 11) is 0. The predicted molar refractivity (Wildman–Crippen MR) is 92.6 cm³/mol. The summed E-state index contributed by atoms with van der Waals surface area (Å²) in [6.45, 7) is 1.50. The zero-order chi connectivity index (χ0) is 18.2. The van der Waals surface area contributed by atoms with Gasteiger partial charge in [0, 0.05) is 37.1 Å². The van der Waals surface area contributed by atoms with Gasteiger partial charge in [-0.3, -0.25) is 4.98 Å². The van der Waals surface area contributed by atoms with E-state index in [4.69, 9.17) is 0 Å². The van der Waals surface area contributed by atoms with Crippen molar-refractivity contribution >= 4 is 5.82 Å². The Morgan fingerprint density at radius 3 is 2.35 bits per heavy atom. The standard InChI is InChI=1S/C19H21F3N4/c20-19(21,22)15-12-16(25-17(24-15)14-4-3-9-23-13-14)26-10-7-18(8-11-26)5-1-2-6-18/h3-4,9,12-13H,1-2,5-8,10-11H2. The second-order valence-corrected chi connectivity index (χ2v) is 7.37. The minimum absolute atomic E-state index is 0.0732. The molecule has 0 unspecified atom stereocenters. The second kappa shape index (κ2) is 6.52. The number of anilines is 1. The van der Waals surface area contributed by atoms with Crippen LogP contribution in [0.1, 0.15) is 44.2 Å². The van der Waals surface area contributed by atoms with E-state index in [1.54, 1.807) is 18.3 Å². The lowest BCUT2D eigenvalue weighted by Crippen LogP contribution is -2.39. The van der Waals surface area contributed by atoms with Gasteiger partial charge in [-0.1, -0.05) is 12.8 Å². The van der Waals surface area contributed by atoms with E-state index in [1.807, 2.05) is 4.90 Å². The SMILES string of the molecule is FC(F)(F)c1cc(N2CCC3(CCCC3)CC2)nc(-c2cccnc2)n1. The van der Waals surface area contributed by atoms with E-state index in [0.29, 0.717) is 16.8 Å². The normalized spacial score (nSPS) is 19.9. The molecule has 138 valence electrons. The van der Waals surface area contributed by atoms with Gasteiger partial charge in [0.25, 0.3) is 0 Å². The molecule has 0 atom stereocenters. The number of halogens is 3. The van der Waals surface area contributed by atoms with Crippen LogP contribution in [0.2, 0.25) is 0 Å². The fraction of sp³-hybridized carbons (Fsp3) is 0.526. The molecule has 1 saturated carbocycles. The molecule has 1 saturated heterocycles. The lowest BCUT2D eigenvalue weighted by Gasteiger charge is -2.40. The van der Waals surface area contributed by atoms with E-state index in [-0.39, 0.29) is 5.82 Å². The highest BCUT2D eigenvalue weighted by atomic mass is 19.4. The van der Waals surface area contributed by atoms with E-state index in [2.05, 4.69) is 15.0 Å². The molecule has 0 aromatic carbocycles. The first-order valence-corrected chi connectivity index (χ1v) is 9.07. The topological polar surface area (TPSA) is 41.9 Å². The lowest BCUT2D eigenvalue weighted by molar-refractivity contribution is -0.141. The van der Waals surface area contributed by atoms with Crippen LogP contribution in [0.15, 0.2) is 30.6 Å². The van der Waals surface area contributed by atoms with Crippen LogP contribution in [0.25, 0.3) is 11.4 Å². The molecule has 2 aromatic heterocycles. The van der Waals surface area contributed by atoms with Crippen molar-refractivity contribution in [1.82, 2.24) is 15.0 Å². The largest absolute Gasteiger partial charge is 0.433 e. The molecule has 4 rings (SSSR count). The highest BCUT2D eigenvalue weighted by Gasteiger charge is 2.38. The van der Waals surface area contributed by atoms with Crippen LogP contribution in [0.4, 0.5) is 19.0 Å². The molecule has 7 heteroatoms. The first kappa shape index (κ1) is 17.2. The minimum Gasteiger partial charge on any atom is -0.356 e. The van der Waals surface area contributed by atoms with E-state index in [0.717, 1.165) is 32.0 Å². The first-order chi connectivity index (χ1) is 12.5. The number of hydrogen-bond donors (Lipinski definition) is 0. The Bertz CT molecular complexity index is 760. The van der Waals surface area contributed by atoms with Crippen LogP contribution in [0.5, 0.6) is 0 Å². The number of alkyl halides is 3. The maximum atomic E-state index is 13.3. The van der Waals surface area contributed by atoms with Crippen molar-refractivity contribution in [1.29, 1.82) is 0 Å². The summed E-state index contributed by atoms with van der Waals surface area (Å²) in [5, 5.41) is 0. The van der Waals surface area contributed by atoms with Gasteiger partial charge in [-0.05, 0) is 43.2 Å². The fourth-order valence-electron chi connectivity index (χ4n) is 4.20. The Hall–Kier alpha value is -2.18. The van der Waals surface area contributed by atoms with Crippen LogP contribution >= 0.6 is 0 Å². The number of pyridine rings is 1. The highest BCUT2D eigenvalue weighted by Crippen LogP contribution is 2.46. The molecular formula is C19H21F3N4. The third-order valence-corrected chi connectivity index (χ3v) is 5.74. The summed E-state index contributed by atoms with van der Waals surface area (Å²) in [6, 6.07) is 4.42. The van der Waals surface area contributed by atoms with Gasteiger partial charge in [0.1, 0.15) is 5.82 Å². The van der Waals surface area contributed by atoms with E-state index in [1.165, 1.54) is 31.9 Å². The van der Waals surface area contributed by atoms with Crippen LogP contribution in [0, 0.1) is 5.41 Å². The quantitative estimate of drug-likeness (QED) is 0.775. The molecule has 1 aliphatic heterocycles. The number of rotatable bonds is 2. The van der Waals surface area contributed by atoms with Crippen LogP contribution in [0.3, 0.4) is 0 Å². The third kappa shape index (κ3) is 3.39. The van der Waals surface area contributed by atoms with Gasteiger partial charge in [0.15, 0.2) is 11.5 Å². The van der Waals surface area contributed by atoms with Crippen molar-refractivity contribution in [2.75, 3.05) is 18.0 Å². The molecule has 3 heterocycles. The molecule has 2 aromatic rings. The molecular weight excluding hydrogens is 341 g/mol. The maximum Gasteiger partial charge on any atom is 0.433 e. The summed E-state index contributed by atoms with van der Waals surface area (Å²) in [4.78, 5) is 14.1. The molecule has 0 N–H and O–H groups in total. The van der Waals surface area contributed by atoms with Gasteiger partial charge in [-0.25, -0.2) is 9.97 Å². The van der Waals surface area contributed by atoms with Gasteiger partial charge < -0.3 is 4.90 Å². The Morgan fingerprint density at radius 2 is 1.73 bits per heavy atom. The van der Waals surface area contributed by atoms with Crippen molar-refractivity contribution in [3.8, 4) is 11.4 Å². The van der Waals surface area contributed by atoms with Crippen LogP contribution in [-0.4, -0.2) is 28.0 Å². The Labute approximate surface area is 150 Å². The molecule has 0 radical (unpaired) electrons. The van der Waals surface area contributed by atoms with Gasteiger partial charge in [-0.2, -0.15) is 13.2 Å². The van der Waals surface area contributed by atoms with Gasteiger partial charge in [0.05, 0.1) is 0 Å². The summed E-state index contributed by atoms with van der Waals surface area (Å²) >= 11 is 0. The van der Waals surface area contributed by atoms with Crippen molar-refractivity contribution in [3.63, 3.8) is 0 Å². The van der Waals surface area contributed by atoms with Gasteiger partial charge in [0.2, 0.25) is 0 Å². The van der Waals surface area contributed by atoms with E-state index in [9.17, 15) is 13.2 Å². The second-order valence-electron chi connectivity index (χ2n) is 7.37. The molecule has 26 heavy (non-hydrogen) atoms. The van der Waals surface area contributed by atoms with E-state index < -0.39 is 11.9 Å². The average Bonchev–Trinajstić information content (AvgIpc) is 3.10. The number of aromatic nitrogens is 3. The number of nitrogens with zero attached hydrogens (tertiary/aromatic N) is 4. The smallest absolute Gasteiger partial charge is 0.356 e. The molecule has 0 amide bonds. The van der Waals surface area contributed by atoms with Crippen molar-refractivity contribution < 1.29 is 13.2 Å². The monoisotopic (exact) mass is 362 g/mol.